The highest BCUT2D eigenvalue weighted by Crippen LogP contribution is 2.44. The lowest BCUT2D eigenvalue weighted by Gasteiger charge is -2.42. The molecule has 3 rings (SSSR count). The summed E-state index contributed by atoms with van der Waals surface area (Å²) in [6.07, 6.45) is 2.30. The minimum atomic E-state index is -0.929. The Kier molecular flexibility index (Phi) is 4.83. The molecule has 0 heterocycles. The third kappa shape index (κ3) is 3.65. The van der Waals surface area contributed by atoms with Gasteiger partial charge >= 0.3 is 0 Å². The molecule has 4 heteroatoms. The van der Waals surface area contributed by atoms with E-state index >= 15 is 0 Å². The van der Waals surface area contributed by atoms with Crippen molar-refractivity contribution in [2.45, 2.75) is 37.3 Å². The molecule has 1 saturated carbocycles. The molecular formula is C19H20BrNO2. The molecule has 3 nitrogen and oxygen atoms in total. The summed E-state index contributed by atoms with van der Waals surface area (Å²) in [6, 6.07) is 17.5. The Morgan fingerprint density at radius 3 is 2.52 bits per heavy atom. The van der Waals surface area contributed by atoms with Crippen LogP contribution in [-0.2, 0) is 11.3 Å². The Labute approximate surface area is 144 Å². The molecule has 0 saturated heterocycles. The third-order valence-corrected chi connectivity index (χ3v) is 5.00. The van der Waals surface area contributed by atoms with E-state index in [0.29, 0.717) is 19.4 Å². The van der Waals surface area contributed by atoms with Gasteiger partial charge in [0.1, 0.15) is 0 Å². The fraction of sp³-hybridized carbons (Fsp3) is 0.316. The van der Waals surface area contributed by atoms with Crippen LogP contribution in [0, 0.1) is 0 Å². The molecule has 1 atom stereocenters. The van der Waals surface area contributed by atoms with E-state index in [1.165, 1.54) is 0 Å². The molecule has 0 bridgehead atoms. The first-order valence-electron chi connectivity index (χ1n) is 7.88. The lowest BCUT2D eigenvalue weighted by atomic mass is 9.68. The summed E-state index contributed by atoms with van der Waals surface area (Å²) in [5, 5.41) is 13.8. The molecule has 0 aromatic heterocycles. The minimum Gasteiger partial charge on any atom is -0.389 e. The molecule has 120 valence electrons. The fourth-order valence-corrected chi connectivity index (χ4v) is 3.52. The Balaban J connectivity index is 1.79. The molecule has 0 radical (unpaired) electrons. The summed E-state index contributed by atoms with van der Waals surface area (Å²) in [7, 11) is 0. The number of amides is 1. The highest BCUT2D eigenvalue weighted by Gasteiger charge is 2.46. The number of hydrogen-bond donors (Lipinski definition) is 2. The maximum atomic E-state index is 12.8. The van der Waals surface area contributed by atoms with Gasteiger partial charge in [0.2, 0.25) is 5.91 Å². The largest absolute Gasteiger partial charge is 0.389 e. The van der Waals surface area contributed by atoms with E-state index in [-0.39, 0.29) is 5.91 Å². The van der Waals surface area contributed by atoms with Gasteiger partial charge in [0.15, 0.2) is 0 Å². The standard InChI is InChI=1S/C19H20BrNO2/c20-16-9-4-8-15(12-16)17(19(23)10-5-11-19)18(22)21-13-14-6-2-1-3-7-14/h1-4,6-9,12,17,23H,5,10-11,13H2,(H,21,22). The van der Waals surface area contributed by atoms with Crippen LogP contribution in [0.5, 0.6) is 0 Å². The topological polar surface area (TPSA) is 49.3 Å². The van der Waals surface area contributed by atoms with Crippen LogP contribution in [-0.4, -0.2) is 16.6 Å². The van der Waals surface area contributed by atoms with Gasteiger partial charge in [0, 0.05) is 11.0 Å². The first kappa shape index (κ1) is 16.2. The third-order valence-electron chi connectivity index (χ3n) is 4.51. The van der Waals surface area contributed by atoms with Crippen LogP contribution in [0.3, 0.4) is 0 Å². The maximum absolute atomic E-state index is 12.8. The Morgan fingerprint density at radius 2 is 1.91 bits per heavy atom. The summed E-state index contributed by atoms with van der Waals surface area (Å²) in [5.41, 5.74) is 0.975. The van der Waals surface area contributed by atoms with Crippen molar-refractivity contribution in [3.05, 3.63) is 70.2 Å². The molecule has 1 aliphatic rings. The van der Waals surface area contributed by atoms with Gasteiger partial charge < -0.3 is 10.4 Å². The van der Waals surface area contributed by atoms with Gasteiger partial charge in [-0.05, 0) is 42.5 Å². The van der Waals surface area contributed by atoms with Gasteiger partial charge in [-0.15, -0.1) is 0 Å². The van der Waals surface area contributed by atoms with Crippen molar-refractivity contribution in [3.63, 3.8) is 0 Å². The Morgan fingerprint density at radius 1 is 1.17 bits per heavy atom. The van der Waals surface area contributed by atoms with Crippen molar-refractivity contribution in [1.82, 2.24) is 5.32 Å². The number of benzene rings is 2. The first-order chi connectivity index (χ1) is 11.1. The molecule has 1 fully saturated rings. The van der Waals surface area contributed by atoms with Gasteiger partial charge in [-0.3, -0.25) is 4.79 Å². The summed E-state index contributed by atoms with van der Waals surface area (Å²) >= 11 is 3.45. The van der Waals surface area contributed by atoms with Crippen molar-refractivity contribution in [2.75, 3.05) is 0 Å². The van der Waals surface area contributed by atoms with Crippen molar-refractivity contribution < 1.29 is 9.90 Å². The Hall–Kier alpha value is -1.65. The zero-order chi connectivity index (χ0) is 16.3. The van der Waals surface area contributed by atoms with Crippen molar-refractivity contribution in [3.8, 4) is 0 Å². The quantitative estimate of drug-likeness (QED) is 0.837. The number of nitrogens with one attached hydrogen (secondary N) is 1. The highest BCUT2D eigenvalue weighted by molar-refractivity contribution is 9.10. The van der Waals surface area contributed by atoms with Gasteiger partial charge in [-0.2, -0.15) is 0 Å². The number of rotatable bonds is 5. The maximum Gasteiger partial charge on any atom is 0.230 e. The monoisotopic (exact) mass is 373 g/mol. The summed E-state index contributed by atoms with van der Waals surface area (Å²) in [4.78, 5) is 12.8. The van der Waals surface area contributed by atoms with Crippen LogP contribution in [0.15, 0.2) is 59.1 Å². The van der Waals surface area contributed by atoms with Crippen molar-refractivity contribution >= 4 is 21.8 Å². The molecule has 0 spiro atoms. The number of carbonyl (C=O) groups excluding carboxylic acids is 1. The minimum absolute atomic E-state index is 0.117. The van der Waals surface area contributed by atoms with Crippen molar-refractivity contribution in [2.24, 2.45) is 0 Å². The normalized spacial score (nSPS) is 17.1. The molecule has 2 aromatic rings. The van der Waals surface area contributed by atoms with Crippen LogP contribution in [0.4, 0.5) is 0 Å². The van der Waals surface area contributed by atoms with Crippen LogP contribution >= 0.6 is 15.9 Å². The SMILES string of the molecule is O=C(NCc1ccccc1)C(c1cccc(Br)c1)C1(O)CCC1. The summed E-state index contributed by atoms with van der Waals surface area (Å²) < 4.78 is 0.916. The van der Waals surface area contributed by atoms with E-state index in [4.69, 9.17) is 0 Å². The van der Waals surface area contributed by atoms with E-state index in [2.05, 4.69) is 21.2 Å². The molecule has 1 amide bonds. The van der Waals surface area contributed by atoms with Crippen LogP contribution < -0.4 is 5.32 Å². The highest BCUT2D eigenvalue weighted by atomic mass is 79.9. The molecule has 1 unspecified atom stereocenters. The average molecular weight is 374 g/mol. The van der Waals surface area contributed by atoms with Gasteiger partial charge in [0.25, 0.3) is 0 Å². The predicted molar refractivity (Wildman–Crippen MR) is 94.0 cm³/mol. The average Bonchev–Trinajstić information content (AvgIpc) is 2.52. The van der Waals surface area contributed by atoms with E-state index < -0.39 is 11.5 Å². The molecule has 23 heavy (non-hydrogen) atoms. The lowest BCUT2D eigenvalue weighted by molar-refractivity contribution is -0.135. The van der Waals surface area contributed by atoms with E-state index in [1.54, 1.807) is 0 Å². The van der Waals surface area contributed by atoms with Crippen molar-refractivity contribution in [1.29, 1.82) is 0 Å². The summed E-state index contributed by atoms with van der Waals surface area (Å²) in [6.45, 7) is 0.472. The van der Waals surface area contributed by atoms with Gasteiger partial charge in [-0.1, -0.05) is 58.4 Å². The number of carbonyl (C=O) groups is 1. The van der Waals surface area contributed by atoms with Crippen LogP contribution in [0.1, 0.15) is 36.3 Å². The fourth-order valence-electron chi connectivity index (χ4n) is 3.11. The number of aliphatic hydroxyl groups is 1. The van der Waals surface area contributed by atoms with Gasteiger partial charge in [0.05, 0.1) is 11.5 Å². The number of hydrogen-bond acceptors (Lipinski definition) is 2. The Bertz CT molecular complexity index is 683. The second kappa shape index (κ2) is 6.85. The number of halogens is 1. The smallest absolute Gasteiger partial charge is 0.230 e. The van der Waals surface area contributed by atoms with E-state index in [9.17, 15) is 9.90 Å². The molecule has 0 aliphatic heterocycles. The molecular weight excluding hydrogens is 354 g/mol. The van der Waals surface area contributed by atoms with E-state index in [0.717, 1.165) is 22.0 Å². The van der Waals surface area contributed by atoms with E-state index in [1.807, 2.05) is 54.6 Å². The second-order valence-corrected chi connectivity index (χ2v) is 7.06. The lowest BCUT2D eigenvalue weighted by Crippen LogP contribution is -2.49. The molecule has 1 aliphatic carbocycles. The second-order valence-electron chi connectivity index (χ2n) is 6.15. The van der Waals surface area contributed by atoms with Crippen LogP contribution in [0.25, 0.3) is 0 Å². The first-order valence-corrected chi connectivity index (χ1v) is 8.67. The molecule has 2 N–H and O–H groups in total. The zero-order valence-corrected chi connectivity index (χ0v) is 14.4. The summed E-state index contributed by atoms with van der Waals surface area (Å²) in [5.74, 6) is -0.647. The molecule has 2 aromatic carbocycles. The predicted octanol–water partition coefficient (Wildman–Crippen LogP) is 3.76. The van der Waals surface area contributed by atoms with Gasteiger partial charge in [-0.25, -0.2) is 0 Å². The van der Waals surface area contributed by atoms with Crippen LogP contribution in [0.2, 0.25) is 0 Å². The zero-order valence-electron chi connectivity index (χ0n) is 12.8.